The molecule has 29 heavy (non-hydrogen) atoms. The van der Waals surface area contributed by atoms with Crippen LogP contribution in [0, 0.1) is 13.8 Å². The lowest BCUT2D eigenvalue weighted by atomic mass is 10.1. The summed E-state index contributed by atoms with van der Waals surface area (Å²) < 4.78 is 22.9. The highest BCUT2D eigenvalue weighted by Gasteiger charge is 2.20. The van der Waals surface area contributed by atoms with Crippen LogP contribution in [0.25, 0.3) is 0 Å². The van der Waals surface area contributed by atoms with E-state index in [0.717, 1.165) is 11.4 Å². The Morgan fingerprint density at radius 2 is 1.72 bits per heavy atom. The number of hydrogen-bond donors (Lipinski definition) is 0. The highest BCUT2D eigenvalue weighted by atomic mass is 16.5. The van der Waals surface area contributed by atoms with Gasteiger partial charge in [-0.05, 0) is 44.5 Å². The maximum Gasteiger partial charge on any atom is 0.310 e. The van der Waals surface area contributed by atoms with Crippen LogP contribution in [-0.4, -0.2) is 50.9 Å². The molecule has 0 bridgehead atoms. The van der Waals surface area contributed by atoms with Gasteiger partial charge in [-0.3, -0.25) is 9.59 Å². The van der Waals surface area contributed by atoms with Crippen LogP contribution in [0.3, 0.4) is 0 Å². The van der Waals surface area contributed by atoms with Gasteiger partial charge in [0.05, 0.1) is 33.3 Å². The van der Waals surface area contributed by atoms with Gasteiger partial charge in [0, 0.05) is 24.1 Å². The summed E-state index contributed by atoms with van der Waals surface area (Å²) in [7, 11) is 4.72. The normalized spacial score (nSPS) is 11.8. The van der Waals surface area contributed by atoms with Crippen LogP contribution in [0.4, 0.5) is 0 Å². The van der Waals surface area contributed by atoms with Crippen molar-refractivity contribution in [2.45, 2.75) is 33.2 Å². The highest BCUT2D eigenvalue weighted by molar-refractivity contribution is 5.99. The number of ether oxygens (including phenoxy) is 4. The SMILES string of the molecule is COC[C@@H](C)n1c(C)cc(C(=O)COC(=O)Cc2ccc(OC)c(OC)c2)c1C. The number of nitrogens with zero attached hydrogens (tertiary/aromatic N) is 1. The summed E-state index contributed by atoms with van der Waals surface area (Å²) in [6.07, 6.45) is 0.0392. The molecule has 7 heteroatoms. The highest BCUT2D eigenvalue weighted by Crippen LogP contribution is 2.28. The van der Waals surface area contributed by atoms with Crippen molar-refractivity contribution in [1.29, 1.82) is 0 Å². The topological polar surface area (TPSA) is 76.0 Å². The summed E-state index contributed by atoms with van der Waals surface area (Å²) in [6, 6.07) is 7.13. The second-order valence-corrected chi connectivity index (χ2v) is 6.91. The van der Waals surface area contributed by atoms with E-state index in [1.807, 2.05) is 26.8 Å². The van der Waals surface area contributed by atoms with Crippen LogP contribution in [0.1, 0.15) is 40.3 Å². The van der Waals surface area contributed by atoms with E-state index in [1.54, 1.807) is 32.4 Å². The van der Waals surface area contributed by atoms with Crippen molar-refractivity contribution in [3.05, 3.63) is 46.8 Å². The van der Waals surface area contributed by atoms with Crippen molar-refractivity contribution in [1.82, 2.24) is 4.57 Å². The van der Waals surface area contributed by atoms with Crippen LogP contribution in [0.2, 0.25) is 0 Å². The monoisotopic (exact) mass is 403 g/mol. The molecule has 0 fully saturated rings. The van der Waals surface area contributed by atoms with E-state index < -0.39 is 5.97 Å². The van der Waals surface area contributed by atoms with E-state index in [-0.39, 0.29) is 24.9 Å². The van der Waals surface area contributed by atoms with Gasteiger partial charge in [0.15, 0.2) is 18.1 Å². The maximum absolute atomic E-state index is 12.6. The fourth-order valence-corrected chi connectivity index (χ4v) is 3.49. The smallest absolute Gasteiger partial charge is 0.310 e. The molecule has 7 nitrogen and oxygen atoms in total. The van der Waals surface area contributed by atoms with Gasteiger partial charge in [0.25, 0.3) is 0 Å². The van der Waals surface area contributed by atoms with Crippen LogP contribution in [0.15, 0.2) is 24.3 Å². The van der Waals surface area contributed by atoms with Gasteiger partial charge < -0.3 is 23.5 Å². The molecule has 2 aromatic rings. The number of Topliss-reactive ketones (excluding diaryl/α,β-unsaturated/α-hetero) is 1. The van der Waals surface area contributed by atoms with Gasteiger partial charge >= 0.3 is 5.97 Å². The van der Waals surface area contributed by atoms with Gasteiger partial charge in [-0.15, -0.1) is 0 Å². The molecule has 158 valence electrons. The number of carbonyl (C=O) groups is 2. The van der Waals surface area contributed by atoms with Crippen molar-refractivity contribution < 1.29 is 28.5 Å². The largest absolute Gasteiger partial charge is 0.493 e. The van der Waals surface area contributed by atoms with Crippen molar-refractivity contribution in [2.24, 2.45) is 0 Å². The Labute approximate surface area is 171 Å². The molecule has 0 amide bonds. The number of benzene rings is 1. The molecule has 1 atom stereocenters. The first kappa shape index (κ1) is 22.5. The van der Waals surface area contributed by atoms with Gasteiger partial charge in [0.1, 0.15) is 0 Å². The molecule has 0 spiro atoms. The fraction of sp³-hybridized carbons (Fsp3) is 0.455. The van der Waals surface area contributed by atoms with E-state index in [0.29, 0.717) is 29.2 Å². The van der Waals surface area contributed by atoms with Crippen molar-refractivity contribution >= 4 is 11.8 Å². The zero-order valence-electron chi connectivity index (χ0n) is 17.9. The van der Waals surface area contributed by atoms with Crippen LogP contribution >= 0.6 is 0 Å². The molecule has 0 aliphatic carbocycles. The molecular weight excluding hydrogens is 374 g/mol. The Bertz CT molecular complexity index is 870. The third-order valence-electron chi connectivity index (χ3n) is 4.79. The number of aromatic nitrogens is 1. The Morgan fingerprint density at radius 1 is 1.03 bits per heavy atom. The van der Waals surface area contributed by atoms with E-state index >= 15 is 0 Å². The van der Waals surface area contributed by atoms with E-state index in [9.17, 15) is 9.59 Å². The maximum atomic E-state index is 12.6. The summed E-state index contributed by atoms with van der Waals surface area (Å²) in [6.45, 7) is 6.11. The molecule has 0 aliphatic rings. The predicted molar refractivity (Wildman–Crippen MR) is 109 cm³/mol. The third-order valence-corrected chi connectivity index (χ3v) is 4.79. The van der Waals surface area contributed by atoms with E-state index in [4.69, 9.17) is 18.9 Å². The quantitative estimate of drug-likeness (QED) is 0.448. The summed E-state index contributed by atoms with van der Waals surface area (Å²) in [5.41, 5.74) is 3.08. The molecule has 1 heterocycles. The molecule has 0 saturated heterocycles. The third kappa shape index (κ3) is 5.38. The van der Waals surface area contributed by atoms with Gasteiger partial charge in [-0.2, -0.15) is 0 Å². The van der Waals surface area contributed by atoms with Gasteiger partial charge in [-0.1, -0.05) is 6.07 Å². The zero-order chi connectivity index (χ0) is 21.6. The van der Waals surface area contributed by atoms with E-state index in [2.05, 4.69) is 4.57 Å². The number of methoxy groups -OCH3 is 3. The minimum Gasteiger partial charge on any atom is -0.493 e. The Hall–Kier alpha value is -2.80. The molecule has 0 N–H and O–H groups in total. The molecule has 0 unspecified atom stereocenters. The molecule has 0 saturated carbocycles. The van der Waals surface area contributed by atoms with Gasteiger partial charge in [0.2, 0.25) is 5.78 Å². The van der Waals surface area contributed by atoms with E-state index in [1.165, 1.54) is 7.11 Å². The Balaban J connectivity index is 2.00. The lowest BCUT2D eigenvalue weighted by Gasteiger charge is -2.17. The van der Waals surface area contributed by atoms with Crippen molar-refractivity contribution in [3.8, 4) is 11.5 Å². The predicted octanol–water partition coefficient (Wildman–Crippen LogP) is 3.30. The first-order chi connectivity index (χ1) is 13.8. The number of rotatable bonds is 10. The molecule has 2 rings (SSSR count). The van der Waals surface area contributed by atoms with Crippen LogP contribution in [-0.2, 0) is 20.7 Å². The number of ketones is 1. The summed E-state index contributed by atoms with van der Waals surface area (Å²) in [4.78, 5) is 24.8. The molecule has 0 radical (unpaired) electrons. The lowest BCUT2D eigenvalue weighted by Crippen LogP contribution is -2.17. The standard InChI is InChI=1S/C22H29NO6/c1-14-9-18(16(3)23(14)15(2)12-26-4)19(24)13-29-22(25)11-17-7-8-20(27-5)21(10-17)28-6/h7-10,15H,11-13H2,1-6H3/t15-/m1/s1. The van der Waals surface area contributed by atoms with Crippen molar-refractivity contribution in [3.63, 3.8) is 0 Å². The summed E-state index contributed by atoms with van der Waals surface area (Å²) in [5.74, 6) is 0.408. The van der Waals surface area contributed by atoms with Crippen molar-refractivity contribution in [2.75, 3.05) is 34.5 Å². The van der Waals surface area contributed by atoms with Gasteiger partial charge in [-0.25, -0.2) is 0 Å². The number of aryl methyl sites for hydroxylation is 1. The average molecular weight is 403 g/mol. The van der Waals surface area contributed by atoms with Crippen LogP contribution in [0.5, 0.6) is 11.5 Å². The molecule has 1 aromatic carbocycles. The minimum absolute atomic E-state index is 0.0392. The summed E-state index contributed by atoms with van der Waals surface area (Å²) in [5, 5.41) is 0. The second-order valence-electron chi connectivity index (χ2n) is 6.91. The Kier molecular flexibility index (Phi) is 7.84. The lowest BCUT2D eigenvalue weighted by molar-refractivity contribution is -0.141. The number of carbonyl (C=O) groups excluding carboxylic acids is 2. The molecule has 0 aliphatic heterocycles. The number of esters is 1. The first-order valence-electron chi connectivity index (χ1n) is 9.39. The molecular formula is C22H29NO6. The zero-order valence-corrected chi connectivity index (χ0v) is 17.9. The summed E-state index contributed by atoms with van der Waals surface area (Å²) >= 11 is 0. The number of hydrogen-bond acceptors (Lipinski definition) is 6. The average Bonchev–Trinajstić information content (AvgIpc) is 3.00. The first-order valence-corrected chi connectivity index (χ1v) is 9.39. The molecule has 1 aromatic heterocycles. The van der Waals surface area contributed by atoms with Crippen LogP contribution < -0.4 is 9.47 Å². The fourth-order valence-electron chi connectivity index (χ4n) is 3.49. The Morgan fingerprint density at radius 3 is 2.34 bits per heavy atom. The minimum atomic E-state index is -0.480. The second kappa shape index (κ2) is 10.1.